The van der Waals surface area contributed by atoms with Crippen molar-refractivity contribution in [2.75, 3.05) is 6.54 Å². The lowest BCUT2D eigenvalue weighted by Crippen LogP contribution is -2.45. The van der Waals surface area contributed by atoms with E-state index in [1.165, 1.54) is 19.3 Å². The Morgan fingerprint density at radius 3 is 2.52 bits per heavy atom. The van der Waals surface area contributed by atoms with Crippen LogP contribution < -0.4 is 0 Å². The molecule has 0 aromatic carbocycles. The van der Waals surface area contributed by atoms with Crippen molar-refractivity contribution in [3.8, 4) is 0 Å². The average molecular weight is 295 g/mol. The van der Waals surface area contributed by atoms with Crippen LogP contribution in [0.2, 0.25) is 0 Å². The summed E-state index contributed by atoms with van der Waals surface area (Å²) in [4.78, 5) is 25.5. The first-order valence-electron chi connectivity index (χ1n) is 8.51. The van der Waals surface area contributed by atoms with E-state index >= 15 is 0 Å². The molecule has 1 atom stereocenters. The van der Waals surface area contributed by atoms with Crippen LogP contribution >= 0.6 is 0 Å². The van der Waals surface area contributed by atoms with E-state index in [1.54, 1.807) is 0 Å². The Bertz CT molecular complexity index is 374. The Morgan fingerprint density at radius 1 is 1.14 bits per heavy atom. The monoisotopic (exact) mass is 295 g/mol. The lowest BCUT2D eigenvalue weighted by atomic mass is 9.73. The Labute approximate surface area is 127 Å². The molecule has 0 aromatic heterocycles. The van der Waals surface area contributed by atoms with Crippen LogP contribution in [0.5, 0.6) is 0 Å². The molecule has 1 aliphatic heterocycles. The summed E-state index contributed by atoms with van der Waals surface area (Å²) in [5, 5.41) is 8.87. The second kappa shape index (κ2) is 7.28. The highest BCUT2D eigenvalue weighted by molar-refractivity contribution is 5.77. The number of carbonyl (C=O) groups excluding carboxylic acids is 1. The van der Waals surface area contributed by atoms with Crippen molar-refractivity contribution >= 4 is 11.9 Å². The number of aliphatic carboxylic acids is 1. The normalized spacial score (nSPS) is 25.6. The molecule has 4 heteroatoms. The first-order chi connectivity index (χ1) is 10.0. The van der Waals surface area contributed by atoms with E-state index < -0.39 is 5.97 Å². The smallest absolute Gasteiger partial charge is 0.303 e. The first-order valence-corrected chi connectivity index (χ1v) is 8.51. The number of hydrogen-bond donors (Lipinski definition) is 1. The summed E-state index contributed by atoms with van der Waals surface area (Å²) in [5.74, 6) is -0.498. The molecule has 120 valence electrons. The molecule has 2 fully saturated rings. The number of carboxylic acid groups (broad SMARTS) is 1. The van der Waals surface area contributed by atoms with Crippen LogP contribution in [0.15, 0.2) is 0 Å². The van der Waals surface area contributed by atoms with Crippen molar-refractivity contribution in [3.05, 3.63) is 0 Å². The molecule has 2 rings (SSSR count). The van der Waals surface area contributed by atoms with Gasteiger partial charge in [0.2, 0.25) is 5.91 Å². The average Bonchev–Trinajstić information content (AvgIpc) is 2.45. The Kier molecular flexibility index (Phi) is 5.65. The molecule has 0 spiro atoms. The molecular formula is C17H29NO3. The largest absolute Gasteiger partial charge is 0.481 e. The van der Waals surface area contributed by atoms with E-state index in [0.717, 1.165) is 38.6 Å². The van der Waals surface area contributed by atoms with E-state index in [-0.39, 0.29) is 23.8 Å². The van der Waals surface area contributed by atoms with Gasteiger partial charge in [0.1, 0.15) is 0 Å². The highest BCUT2D eigenvalue weighted by Gasteiger charge is 2.34. The summed E-state index contributed by atoms with van der Waals surface area (Å²) in [6, 6.07) is 0.148. The van der Waals surface area contributed by atoms with Gasteiger partial charge in [0.15, 0.2) is 0 Å². The SMILES string of the molecule is CC1(CC(=O)N2CCCCC2CCC(=O)O)CCCCC1. The summed E-state index contributed by atoms with van der Waals surface area (Å²) in [6.45, 7) is 3.07. The number of carboxylic acids is 1. The summed E-state index contributed by atoms with van der Waals surface area (Å²) < 4.78 is 0. The number of piperidine rings is 1. The third kappa shape index (κ3) is 4.72. The van der Waals surface area contributed by atoms with Gasteiger partial charge in [-0.2, -0.15) is 0 Å². The second-order valence-corrected chi connectivity index (χ2v) is 7.22. The van der Waals surface area contributed by atoms with Gasteiger partial charge in [-0.05, 0) is 43.9 Å². The third-order valence-electron chi connectivity index (χ3n) is 5.28. The van der Waals surface area contributed by atoms with Gasteiger partial charge >= 0.3 is 5.97 Å². The molecule has 2 aliphatic rings. The molecule has 1 amide bonds. The molecule has 1 aliphatic carbocycles. The van der Waals surface area contributed by atoms with Crippen LogP contribution in [-0.2, 0) is 9.59 Å². The van der Waals surface area contributed by atoms with Gasteiger partial charge in [-0.3, -0.25) is 9.59 Å². The van der Waals surface area contributed by atoms with Crippen molar-refractivity contribution in [2.45, 2.75) is 83.6 Å². The van der Waals surface area contributed by atoms with Gasteiger partial charge < -0.3 is 10.0 Å². The zero-order valence-electron chi connectivity index (χ0n) is 13.3. The minimum absolute atomic E-state index is 0.148. The molecular weight excluding hydrogens is 266 g/mol. The van der Waals surface area contributed by atoms with Gasteiger partial charge in [-0.15, -0.1) is 0 Å². The van der Waals surface area contributed by atoms with Gasteiger partial charge in [-0.25, -0.2) is 0 Å². The highest BCUT2D eigenvalue weighted by atomic mass is 16.4. The van der Waals surface area contributed by atoms with Crippen LogP contribution in [-0.4, -0.2) is 34.5 Å². The van der Waals surface area contributed by atoms with Gasteiger partial charge in [-0.1, -0.05) is 26.2 Å². The third-order valence-corrected chi connectivity index (χ3v) is 5.28. The highest BCUT2D eigenvalue weighted by Crippen LogP contribution is 2.39. The molecule has 4 nitrogen and oxygen atoms in total. The quantitative estimate of drug-likeness (QED) is 0.843. The number of likely N-dealkylation sites (tertiary alicyclic amines) is 1. The molecule has 1 unspecified atom stereocenters. The number of hydrogen-bond acceptors (Lipinski definition) is 2. The zero-order valence-corrected chi connectivity index (χ0v) is 13.3. The zero-order chi connectivity index (χ0) is 15.3. The maximum Gasteiger partial charge on any atom is 0.303 e. The van der Waals surface area contributed by atoms with Crippen molar-refractivity contribution in [1.29, 1.82) is 0 Å². The molecule has 1 N–H and O–H groups in total. The van der Waals surface area contributed by atoms with E-state index in [2.05, 4.69) is 6.92 Å². The molecule has 1 heterocycles. The van der Waals surface area contributed by atoms with E-state index in [0.29, 0.717) is 12.8 Å². The van der Waals surface area contributed by atoms with Gasteiger partial charge in [0.05, 0.1) is 0 Å². The molecule has 0 radical (unpaired) electrons. The topological polar surface area (TPSA) is 57.6 Å². The summed E-state index contributed by atoms with van der Waals surface area (Å²) in [6.07, 6.45) is 10.7. The van der Waals surface area contributed by atoms with Crippen molar-refractivity contribution < 1.29 is 14.7 Å². The minimum atomic E-state index is -0.757. The predicted molar refractivity (Wildman–Crippen MR) is 82.0 cm³/mol. The summed E-state index contributed by atoms with van der Waals surface area (Å²) >= 11 is 0. The van der Waals surface area contributed by atoms with Crippen LogP contribution in [0.4, 0.5) is 0 Å². The van der Waals surface area contributed by atoms with Crippen LogP contribution in [0.3, 0.4) is 0 Å². The van der Waals surface area contributed by atoms with E-state index in [4.69, 9.17) is 5.11 Å². The van der Waals surface area contributed by atoms with Crippen molar-refractivity contribution in [2.24, 2.45) is 5.41 Å². The van der Waals surface area contributed by atoms with Crippen molar-refractivity contribution in [3.63, 3.8) is 0 Å². The maximum atomic E-state index is 12.7. The number of rotatable bonds is 5. The Hall–Kier alpha value is -1.06. The standard InChI is InChI=1S/C17H29NO3/c1-17(10-4-2-5-11-17)13-15(19)18-12-6-3-7-14(18)8-9-16(20)21/h14H,2-13H2,1H3,(H,20,21). The second-order valence-electron chi connectivity index (χ2n) is 7.22. The number of nitrogens with zero attached hydrogens (tertiary/aromatic N) is 1. The van der Waals surface area contributed by atoms with E-state index in [9.17, 15) is 9.59 Å². The molecule has 0 bridgehead atoms. The van der Waals surface area contributed by atoms with Gasteiger partial charge in [0.25, 0.3) is 0 Å². The molecule has 0 aromatic rings. The number of carbonyl (C=O) groups is 2. The fourth-order valence-corrected chi connectivity index (χ4v) is 3.97. The lowest BCUT2D eigenvalue weighted by molar-refractivity contribution is -0.141. The van der Waals surface area contributed by atoms with Crippen LogP contribution in [0.1, 0.15) is 77.6 Å². The summed E-state index contributed by atoms with van der Waals surface area (Å²) in [7, 11) is 0. The fraction of sp³-hybridized carbons (Fsp3) is 0.882. The Balaban J connectivity index is 1.92. The maximum absolute atomic E-state index is 12.7. The predicted octanol–water partition coefficient (Wildman–Crippen LogP) is 3.59. The fourth-order valence-electron chi connectivity index (χ4n) is 3.97. The molecule has 1 saturated heterocycles. The van der Waals surface area contributed by atoms with Crippen LogP contribution in [0.25, 0.3) is 0 Å². The number of amides is 1. The van der Waals surface area contributed by atoms with Crippen molar-refractivity contribution in [1.82, 2.24) is 4.90 Å². The lowest BCUT2D eigenvalue weighted by Gasteiger charge is -2.39. The van der Waals surface area contributed by atoms with Crippen LogP contribution in [0, 0.1) is 5.41 Å². The molecule has 1 saturated carbocycles. The van der Waals surface area contributed by atoms with E-state index in [1.807, 2.05) is 4.90 Å². The summed E-state index contributed by atoms with van der Waals surface area (Å²) in [5.41, 5.74) is 0.171. The minimum Gasteiger partial charge on any atom is -0.481 e. The van der Waals surface area contributed by atoms with Gasteiger partial charge in [0, 0.05) is 25.4 Å². The Morgan fingerprint density at radius 2 is 1.86 bits per heavy atom. The first kappa shape index (κ1) is 16.3. The molecule has 21 heavy (non-hydrogen) atoms.